The van der Waals surface area contributed by atoms with Crippen molar-refractivity contribution < 1.29 is 0 Å². The van der Waals surface area contributed by atoms with Gasteiger partial charge in [-0.3, -0.25) is 4.98 Å². The van der Waals surface area contributed by atoms with E-state index in [2.05, 4.69) is 138 Å². The van der Waals surface area contributed by atoms with Gasteiger partial charge in [-0.25, -0.2) is 15.0 Å². The molecule has 0 radical (unpaired) electrons. The second kappa shape index (κ2) is 10.8. The maximum absolute atomic E-state index is 5.15. The summed E-state index contributed by atoms with van der Waals surface area (Å²) in [5.41, 5.74) is 14.8. The molecule has 4 nitrogen and oxygen atoms in total. The van der Waals surface area contributed by atoms with Gasteiger partial charge in [0.2, 0.25) is 0 Å². The monoisotopic (exact) mass is 624 g/mol. The summed E-state index contributed by atoms with van der Waals surface area (Å²) in [4.78, 5) is 19.5. The Kier molecular flexibility index (Phi) is 6.06. The molecule has 2 aliphatic carbocycles. The smallest absolute Gasteiger partial charge is 0.164 e. The summed E-state index contributed by atoms with van der Waals surface area (Å²) < 4.78 is 0. The molecule has 4 heteroatoms. The minimum atomic E-state index is -0.435. The van der Waals surface area contributed by atoms with Gasteiger partial charge in [-0.2, -0.15) is 0 Å². The summed E-state index contributed by atoms with van der Waals surface area (Å²) in [5, 5.41) is 0. The van der Waals surface area contributed by atoms with Crippen LogP contribution in [0.1, 0.15) is 22.3 Å². The Morgan fingerprint density at radius 1 is 0.327 bits per heavy atom. The van der Waals surface area contributed by atoms with Crippen LogP contribution < -0.4 is 0 Å². The number of hydrogen-bond acceptors (Lipinski definition) is 4. The number of rotatable bonds is 4. The third-order valence-corrected chi connectivity index (χ3v) is 10.1. The van der Waals surface area contributed by atoms with Crippen molar-refractivity contribution in [2.45, 2.75) is 5.41 Å². The summed E-state index contributed by atoms with van der Waals surface area (Å²) in [5.74, 6) is 1.93. The highest BCUT2D eigenvalue weighted by Gasteiger charge is 2.51. The van der Waals surface area contributed by atoms with Crippen LogP contribution in [0.25, 0.3) is 67.5 Å². The Hall–Kier alpha value is -6.52. The van der Waals surface area contributed by atoms with Crippen molar-refractivity contribution in [1.82, 2.24) is 19.9 Å². The van der Waals surface area contributed by atoms with Gasteiger partial charge in [0, 0.05) is 29.1 Å². The highest BCUT2D eigenvalue weighted by molar-refractivity contribution is 5.95. The second-order valence-electron chi connectivity index (χ2n) is 12.6. The predicted molar refractivity (Wildman–Crippen MR) is 196 cm³/mol. The Morgan fingerprint density at radius 3 is 1.35 bits per heavy atom. The van der Waals surface area contributed by atoms with E-state index in [4.69, 9.17) is 15.0 Å². The van der Waals surface area contributed by atoms with Crippen LogP contribution >= 0.6 is 0 Å². The van der Waals surface area contributed by atoms with Gasteiger partial charge in [-0.05, 0) is 67.8 Å². The van der Waals surface area contributed by atoms with Crippen molar-refractivity contribution in [3.8, 4) is 67.5 Å². The van der Waals surface area contributed by atoms with E-state index in [1.807, 2.05) is 30.5 Å². The summed E-state index contributed by atoms with van der Waals surface area (Å²) in [6, 6.07) is 55.9. The highest BCUT2D eigenvalue weighted by atomic mass is 15.0. The molecule has 8 aromatic rings. The molecule has 1 spiro atoms. The van der Waals surface area contributed by atoms with Crippen LogP contribution in [0.15, 0.2) is 170 Å². The van der Waals surface area contributed by atoms with Crippen molar-refractivity contribution >= 4 is 0 Å². The van der Waals surface area contributed by atoms with Crippen molar-refractivity contribution in [2.24, 2.45) is 0 Å². The Morgan fingerprint density at radius 2 is 0.776 bits per heavy atom. The fourth-order valence-corrected chi connectivity index (χ4v) is 7.93. The minimum Gasteiger partial charge on any atom is -0.264 e. The standard InChI is InChI=1S/C45H28N4/c1-2-11-30(12-3-1)42-47-43(31-22-20-29(21-23-31)33-13-10-26-46-28-33)49-44(48-42)32-24-25-37-36-16-6-9-19-40(36)45(41(37)27-32)38-17-7-4-14-34(38)35-15-5-8-18-39(35)45/h1-28H. The number of hydrogen-bond donors (Lipinski definition) is 0. The third kappa shape index (κ3) is 4.11. The molecule has 49 heavy (non-hydrogen) atoms. The first-order valence-electron chi connectivity index (χ1n) is 16.6. The first-order chi connectivity index (χ1) is 24.3. The number of benzene rings is 6. The van der Waals surface area contributed by atoms with Crippen molar-refractivity contribution in [3.05, 3.63) is 192 Å². The number of pyridine rings is 1. The van der Waals surface area contributed by atoms with Crippen LogP contribution in [-0.4, -0.2) is 19.9 Å². The van der Waals surface area contributed by atoms with E-state index < -0.39 is 5.41 Å². The van der Waals surface area contributed by atoms with Crippen molar-refractivity contribution in [2.75, 3.05) is 0 Å². The Balaban J connectivity index is 1.18. The quantitative estimate of drug-likeness (QED) is 0.196. The van der Waals surface area contributed by atoms with Crippen LogP contribution in [0.4, 0.5) is 0 Å². The molecule has 0 aliphatic heterocycles. The highest BCUT2D eigenvalue weighted by Crippen LogP contribution is 2.62. The molecular formula is C45H28N4. The van der Waals surface area contributed by atoms with Gasteiger partial charge in [-0.1, -0.05) is 146 Å². The van der Waals surface area contributed by atoms with Crippen molar-refractivity contribution in [1.29, 1.82) is 0 Å². The number of nitrogens with zero attached hydrogens (tertiary/aromatic N) is 4. The van der Waals surface area contributed by atoms with Gasteiger partial charge in [0.05, 0.1) is 5.41 Å². The zero-order chi connectivity index (χ0) is 32.4. The van der Waals surface area contributed by atoms with E-state index in [9.17, 15) is 0 Å². The van der Waals surface area contributed by atoms with Crippen molar-refractivity contribution in [3.63, 3.8) is 0 Å². The SMILES string of the molecule is c1ccc(-c2nc(-c3ccc(-c4cccnc4)cc3)nc(-c3ccc4c(c3)C3(c5ccccc5-c5ccccc53)c3ccccc3-4)n2)cc1. The average molecular weight is 625 g/mol. The molecule has 0 unspecified atom stereocenters. The maximum atomic E-state index is 5.15. The summed E-state index contributed by atoms with van der Waals surface area (Å²) in [6.07, 6.45) is 3.67. The zero-order valence-corrected chi connectivity index (χ0v) is 26.5. The van der Waals surface area contributed by atoms with Crippen LogP contribution in [0.3, 0.4) is 0 Å². The molecule has 0 saturated heterocycles. The molecule has 0 fully saturated rings. The molecule has 6 aromatic carbocycles. The van der Waals surface area contributed by atoms with Gasteiger partial charge >= 0.3 is 0 Å². The molecule has 0 atom stereocenters. The Bertz CT molecular complexity index is 2480. The van der Waals surface area contributed by atoms with Crippen LogP contribution in [0.2, 0.25) is 0 Å². The lowest BCUT2D eigenvalue weighted by molar-refractivity contribution is 0.794. The van der Waals surface area contributed by atoms with Gasteiger partial charge in [0.25, 0.3) is 0 Å². The largest absolute Gasteiger partial charge is 0.264 e. The van der Waals surface area contributed by atoms with Crippen LogP contribution in [-0.2, 0) is 5.41 Å². The van der Waals surface area contributed by atoms with Gasteiger partial charge in [0.1, 0.15) is 0 Å². The molecule has 0 N–H and O–H groups in total. The van der Waals surface area contributed by atoms with E-state index in [0.29, 0.717) is 17.5 Å². The predicted octanol–water partition coefficient (Wildman–Crippen LogP) is 10.3. The van der Waals surface area contributed by atoms with Crippen LogP contribution in [0.5, 0.6) is 0 Å². The summed E-state index contributed by atoms with van der Waals surface area (Å²) in [7, 11) is 0. The second-order valence-corrected chi connectivity index (χ2v) is 12.6. The van der Waals surface area contributed by atoms with Crippen LogP contribution in [0, 0.1) is 0 Å². The minimum absolute atomic E-state index is 0.435. The molecule has 0 bridgehead atoms. The molecule has 228 valence electrons. The third-order valence-electron chi connectivity index (χ3n) is 10.1. The normalized spacial score (nSPS) is 13.1. The topological polar surface area (TPSA) is 51.6 Å². The molecule has 10 rings (SSSR count). The average Bonchev–Trinajstić information content (AvgIpc) is 3.66. The first-order valence-corrected chi connectivity index (χ1v) is 16.6. The van der Waals surface area contributed by atoms with Gasteiger partial charge < -0.3 is 0 Å². The summed E-state index contributed by atoms with van der Waals surface area (Å²) >= 11 is 0. The molecule has 0 saturated carbocycles. The maximum Gasteiger partial charge on any atom is 0.164 e. The first kappa shape index (κ1) is 27.6. The van der Waals surface area contributed by atoms with Gasteiger partial charge in [0.15, 0.2) is 17.5 Å². The lowest BCUT2D eigenvalue weighted by atomic mass is 9.70. The van der Waals surface area contributed by atoms with E-state index >= 15 is 0 Å². The molecule has 2 aliphatic rings. The molecular weight excluding hydrogens is 597 g/mol. The van der Waals surface area contributed by atoms with E-state index in [0.717, 1.165) is 27.8 Å². The molecule has 2 aromatic heterocycles. The van der Waals surface area contributed by atoms with E-state index in [-0.39, 0.29) is 0 Å². The summed E-state index contributed by atoms with van der Waals surface area (Å²) in [6.45, 7) is 0. The Labute approximate surface area is 284 Å². The lowest BCUT2D eigenvalue weighted by Crippen LogP contribution is -2.25. The zero-order valence-electron chi connectivity index (χ0n) is 26.5. The lowest BCUT2D eigenvalue weighted by Gasteiger charge is -2.30. The number of fused-ring (bicyclic) bond motifs is 10. The van der Waals surface area contributed by atoms with E-state index in [1.54, 1.807) is 6.20 Å². The molecule has 0 amide bonds. The molecule has 2 heterocycles. The number of aromatic nitrogens is 4. The van der Waals surface area contributed by atoms with Gasteiger partial charge in [-0.15, -0.1) is 0 Å². The fraction of sp³-hybridized carbons (Fsp3) is 0.0222. The fourth-order valence-electron chi connectivity index (χ4n) is 7.93. The van der Waals surface area contributed by atoms with E-state index in [1.165, 1.54) is 44.5 Å².